The smallest absolute Gasteiger partial charge is 0.189 e. The van der Waals surface area contributed by atoms with Gasteiger partial charge in [-0.15, -0.1) is 0 Å². The molecule has 3 aliphatic heterocycles. The molecule has 0 amide bonds. The Balaban J connectivity index is 1.57. The normalized spacial score (nSPS) is 23.0. The van der Waals surface area contributed by atoms with E-state index >= 15 is 0 Å². The van der Waals surface area contributed by atoms with Crippen LogP contribution in [0.4, 0.5) is 21.7 Å². The van der Waals surface area contributed by atoms with Gasteiger partial charge in [0.15, 0.2) is 17.4 Å². The maximum Gasteiger partial charge on any atom is 0.189 e. The van der Waals surface area contributed by atoms with Crippen molar-refractivity contribution >= 4 is 34.7 Å². The van der Waals surface area contributed by atoms with Gasteiger partial charge < -0.3 is 16.0 Å². The first-order valence-electron chi connectivity index (χ1n) is 11.6. The zero-order valence-corrected chi connectivity index (χ0v) is 19.6. The number of Topliss-reactive ketones (excluding diaryl/α,β-unsaturated/α-hetero) is 1. The van der Waals surface area contributed by atoms with Crippen LogP contribution in [-0.4, -0.2) is 54.0 Å². The molecule has 0 saturated heterocycles. The standard InChI is InChI=1S/C23H29ClFN7O/c1-13(2)6-15-10-26-4-3-5-27-18-11-31-22-20(21(18)33)23(30-12-29-22)32(31)19-8-16(24)17(25)7-14(19)9-28-15/h7-8,12-13,15,18,26-28H,3-6,9-11H2,1-2H3. The van der Waals surface area contributed by atoms with Crippen LogP contribution in [0.15, 0.2) is 18.5 Å². The number of anilines is 3. The molecule has 3 aliphatic rings. The van der Waals surface area contributed by atoms with Crippen molar-refractivity contribution in [2.45, 2.75) is 45.3 Å². The molecule has 3 N–H and O–H groups in total. The van der Waals surface area contributed by atoms with E-state index in [0.29, 0.717) is 41.9 Å². The molecule has 1 aromatic heterocycles. The minimum Gasteiger partial charge on any atom is -0.315 e. The average Bonchev–Trinajstić information content (AvgIpc) is 2.88. The Morgan fingerprint density at radius 1 is 1.21 bits per heavy atom. The Labute approximate surface area is 197 Å². The van der Waals surface area contributed by atoms with Gasteiger partial charge in [-0.05, 0) is 49.5 Å². The van der Waals surface area contributed by atoms with Crippen molar-refractivity contribution in [3.05, 3.63) is 40.4 Å². The number of aromatic nitrogens is 2. The van der Waals surface area contributed by atoms with E-state index in [9.17, 15) is 9.18 Å². The summed E-state index contributed by atoms with van der Waals surface area (Å²) in [6.45, 7) is 7.68. The number of hydrogen-bond acceptors (Lipinski definition) is 8. The van der Waals surface area contributed by atoms with E-state index in [1.54, 1.807) is 6.07 Å². The summed E-state index contributed by atoms with van der Waals surface area (Å²) in [5, 5.41) is 14.4. The molecular formula is C23H29ClFN7O. The minimum atomic E-state index is -0.470. The maximum absolute atomic E-state index is 14.6. The Morgan fingerprint density at radius 3 is 2.85 bits per heavy atom. The van der Waals surface area contributed by atoms with Crippen molar-refractivity contribution < 1.29 is 9.18 Å². The number of hydrogen-bond donors (Lipinski definition) is 3. The SMILES string of the molecule is CC(C)CC1CNCCCNC2CN3c4ncnc(c4C2=O)N3c2cc(Cl)c(F)cc2CN1. The number of hydrazine groups is 1. The predicted octanol–water partition coefficient (Wildman–Crippen LogP) is 2.79. The molecule has 176 valence electrons. The van der Waals surface area contributed by atoms with Crippen molar-refractivity contribution in [3.63, 3.8) is 0 Å². The lowest BCUT2D eigenvalue weighted by Crippen LogP contribution is -2.51. The largest absolute Gasteiger partial charge is 0.315 e. The molecule has 0 radical (unpaired) electrons. The van der Waals surface area contributed by atoms with E-state index in [2.05, 4.69) is 39.8 Å². The molecule has 33 heavy (non-hydrogen) atoms. The summed E-state index contributed by atoms with van der Waals surface area (Å²) in [6, 6.07) is 2.98. The summed E-state index contributed by atoms with van der Waals surface area (Å²) in [6.07, 6.45) is 3.38. The van der Waals surface area contributed by atoms with E-state index in [4.69, 9.17) is 11.6 Å². The highest BCUT2D eigenvalue weighted by Gasteiger charge is 2.46. The van der Waals surface area contributed by atoms with E-state index in [0.717, 1.165) is 38.0 Å². The molecule has 5 bridgehead atoms. The molecule has 10 heteroatoms. The molecule has 0 spiro atoms. The van der Waals surface area contributed by atoms with Gasteiger partial charge in [-0.3, -0.25) is 9.80 Å². The van der Waals surface area contributed by atoms with Crippen LogP contribution in [0.3, 0.4) is 0 Å². The quantitative estimate of drug-likeness (QED) is 0.614. The summed E-state index contributed by atoms with van der Waals surface area (Å²) in [4.78, 5) is 22.1. The van der Waals surface area contributed by atoms with Gasteiger partial charge in [-0.1, -0.05) is 25.4 Å². The first kappa shape index (κ1) is 22.5. The van der Waals surface area contributed by atoms with Crippen LogP contribution >= 0.6 is 11.6 Å². The van der Waals surface area contributed by atoms with Gasteiger partial charge in [0, 0.05) is 19.1 Å². The van der Waals surface area contributed by atoms with Gasteiger partial charge in [0.05, 0.1) is 23.3 Å². The predicted molar refractivity (Wildman–Crippen MR) is 127 cm³/mol. The summed E-state index contributed by atoms with van der Waals surface area (Å²) >= 11 is 6.23. The first-order valence-corrected chi connectivity index (χ1v) is 11.9. The number of rotatable bonds is 2. The molecular weight excluding hydrogens is 445 g/mol. The summed E-state index contributed by atoms with van der Waals surface area (Å²) in [5.74, 6) is 1.16. The highest BCUT2D eigenvalue weighted by Crippen LogP contribution is 2.45. The fraction of sp³-hybridized carbons (Fsp3) is 0.522. The lowest BCUT2D eigenvalue weighted by molar-refractivity contribution is 0.0943. The third-order valence-electron chi connectivity index (χ3n) is 6.41. The summed E-state index contributed by atoms with van der Waals surface area (Å²) in [7, 11) is 0. The number of nitrogens with zero attached hydrogens (tertiary/aromatic N) is 4. The molecule has 0 aliphatic carbocycles. The van der Waals surface area contributed by atoms with E-state index in [1.807, 2.05) is 10.0 Å². The van der Waals surface area contributed by atoms with E-state index in [-0.39, 0.29) is 22.9 Å². The first-order chi connectivity index (χ1) is 15.9. The Kier molecular flexibility index (Phi) is 6.22. The Hall–Kier alpha value is -2.33. The highest BCUT2D eigenvalue weighted by molar-refractivity contribution is 6.31. The van der Waals surface area contributed by atoms with Crippen LogP contribution in [0.25, 0.3) is 0 Å². The van der Waals surface area contributed by atoms with Crippen LogP contribution in [0.1, 0.15) is 42.6 Å². The Bertz CT molecular complexity index is 1070. The number of carbonyl (C=O) groups excluding carboxylic acids is 1. The molecule has 0 saturated carbocycles. The third kappa shape index (κ3) is 4.19. The molecule has 4 heterocycles. The van der Waals surface area contributed by atoms with E-state index < -0.39 is 5.82 Å². The number of fused-ring (bicyclic) bond motifs is 4. The molecule has 5 rings (SSSR count). The monoisotopic (exact) mass is 473 g/mol. The van der Waals surface area contributed by atoms with Gasteiger partial charge in [-0.25, -0.2) is 19.4 Å². The zero-order chi connectivity index (χ0) is 23.1. The molecule has 0 fully saturated rings. The third-order valence-corrected chi connectivity index (χ3v) is 6.70. The summed E-state index contributed by atoms with van der Waals surface area (Å²) < 4.78 is 14.6. The van der Waals surface area contributed by atoms with Gasteiger partial charge in [0.25, 0.3) is 0 Å². The lowest BCUT2D eigenvalue weighted by atomic mass is 10.0. The molecule has 1 aromatic carbocycles. The molecule has 2 atom stereocenters. The van der Waals surface area contributed by atoms with Gasteiger partial charge in [-0.2, -0.15) is 0 Å². The second-order valence-corrected chi connectivity index (χ2v) is 9.73. The molecule has 8 nitrogen and oxygen atoms in total. The van der Waals surface area contributed by atoms with Crippen molar-refractivity contribution in [1.82, 2.24) is 25.9 Å². The maximum atomic E-state index is 14.6. The highest BCUT2D eigenvalue weighted by atomic mass is 35.5. The number of ketones is 1. The number of nitrogens with one attached hydrogen (secondary N) is 3. The number of carbonyl (C=O) groups is 1. The number of halogens is 2. The second kappa shape index (κ2) is 9.13. The van der Waals surface area contributed by atoms with Crippen LogP contribution in [-0.2, 0) is 6.54 Å². The minimum absolute atomic E-state index is 0.00992. The van der Waals surface area contributed by atoms with Crippen molar-refractivity contribution in [2.75, 3.05) is 36.2 Å². The van der Waals surface area contributed by atoms with E-state index in [1.165, 1.54) is 12.4 Å². The van der Waals surface area contributed by atoms with Crippen molar-refractivity contribution in [2.24, 2.45) is 5.92 Å². The van der Waals surface area contributed by atoms with Crippen LogP contribution in [0.5, 0.6) is 0 Å². The van der Waals surface area contributed by atoms with Crippen LogP contribution < -0.4 is 26.0 Å². The van der Waals surface area contributed by atoms with Crippen LogP contribution in [0, 0.1) is 11.7 Å². The average molecular weight is 474 g/mol. The van der Waals surface area contributed by atoms with Crippen molar-refractivity contribution in [3.8, 4) is 0 Å². The second-order valence-electron chi connectivity index (χ2n) is 9.32. The number of benzene rings is 1. The van der Waals surface area contributed by atoms with Gasteiger partial charge in [0.2, 0.25) is 0 Å². The fourth-order valence-corrected chi connectivity index (χ4v) is 5.05. The van der Waals surface area contributed by atoms with Crippen molar-refractivity contribution in [1.29, 1.82) is 0 Å². The Morgan fingerprint density at radius 2 is 2.03 bits per heavy atom. The molecule has 2 unspecified atom stereocenters. The van der Waals surface area contributed by atoms with Gasteiger partial charge >= 0.3 is 0 Å². The molecule has 2 aromatic rings. The fourth-order valence-electron chi connectivity index (χ4n) is 4.90. The van der Waals surface area contributed by atoms with Gasteiger partial charge in [0.1, 0.15) is 17.7 Å². The van der Waals surface area contributed by atoms with Crippen LogP contribution in [0.2, 0.25) is 5.02 Å². The summed E-state index contributed by atoms with van der Waals surface area (Å²) in [5.41, 5.74) is 1.95. The topological polar surface area (TPSA) is 85.4 Å². The zero-order valence-electron chi connectivity index (χ0n) is 18.9. The lowest BCUT2D eigenvalue weighted by Gasteiger charge is -2.34.